The molecule has 1 aliphatic heterocycles. The maximum atomic E-state index is 7.39. The van der Waals surface area contributed by atoms with Gasteiger partial charge in [-0.3, -0.25) is 0 Å². The maximum absolute atomic E-state index is 7.39. The first kappa shape index (κ1) is 42.6. The highest BCUT2D eigenvalue weighted by atomic mass is 28.4. The molecule has 0 saturated carbocycles. The van der Waals surface area contributed by atoms with Crippen LogP contribution >= 0.6 is 0 Å². The Morgan fingerprint density at radius 3 is 1.39 bits per heavy atom. The number of hydrogen-bond donors (Lipinski definition) is 0. The van der Waals surface area contributed by atoms with Gasteiger partial charge >= 0.3 is 0 Å². The van der Waals surface area contributed by atoms with Gasteiger partial charge in [0.25, 0.3) is 0 Å². The van der Waals surface area contributed by atoms with Crippen LogP contribution in [0, 0.1) is 0 Å². The molecule has 1 heterocycles. The van der Waals surface area contributed by atoms with Crippen molar-refractivity contribution in [2.24, 2.45) is 0 Å². The Bertz CT molecular complexity index is 893. The molecule has 0 bridgehead atoms. The van der Waals surface area contributed by atoms with E-state index in [0.29, 0.717) is 13.2 Å². The number of unbranched alkanes of at least 4 members (excludes halogenated alkanes) is 1. The average molecular weight is 693 g/mol. The van der Waals surface area contributed by atoms with Crippen molar-refractivity contribution in [1.82, 2.24) is 0 Å². The average Bonchev–Trinajstić information content (AvgIpc) is 3.09. The zero-order valence-electron chi connectivity index (χ0n) is 33.2. The molecule has 6 nitrogen and oxygen atoms in total. The van der Waals surface area contributed by atoms with E-state index in [4.69, 9.17) is 27.2 Å². The second-order valence-electron chi connectivity index (χ2n) is 19.4. The molecular formula is C34H76O6Si4. The van der Waals surface area contributed by atoms with E-state index in [-0.39, 0.29) is 44.6 Å². The molecule has 0 aromatic carbocycles. The van der Waals surface area contributed by atoms with Crippen molar-refractivity contribution in [3.8, 4) is 0 Å². The molecule has 1 fully saturated rings. The van der Waals surface area contributed by atoms with Gasteiger partial charge in [-0.2, -0.15) is 0 Å². The minimum Gasteiger partial charge on any atom is -0.414 e. The highest BCUT2D eigenvalue weighted by molar-refractivity contribution is 6.75. The van der Waals surface area contributed by atoms with Crippen LogP contribution in [0.25, 0.3) is 0 Å². The van der Waals surface area contributed by atoms with E-state index in [2.05, 4.69) is 142 Å². The van der Waals surface area contributed by atoms with E-state index in [1.54, 1.807) is 0 Å². The summed E-state index contributed by atoms with van der Waals surface area (Å²) in [6, 6.07) is 0. The minimum absolute atomic E-state index is 0.0215. The molecule has 0 spiro atoms. The summed E-state index contributed by atoms with van der Waals surface area (Å²) in [5, 5.41) is 0.170. The normalized spacial score (nSPS) is 24.2. The van der Waals surface area contributed by atoms with Crippen molar-refractivity contribution < 1.29 is 27.2 Å². The fraction of sp³-hybridized carbons (Fsp3) is 1.00. The fourth-order valence-corrected chi connectivity index (χ4v) is 8.89. The molecule has 10 heteroatoms. The molecule has 1 rings (SSSR count). The molecule has 1 saturated heterocycles. The molecule has 0 aromatic rings. The first-order valence-corrected chi connectivity index (χ1v) is 28.9. The van der Waals surface area contributed by atoms with E-state index < -0.39 is 39.6 Å². The minimum atomic E-state index is -2.25. The third-order valence-electron chi connectivity index (χ3n) is 11.5. The lowest BCUT2D eigenvalue weighted by Gasteiger charge is -2.46. The summed E-state index contributed by atoms with van der Waals surface area (Å²) >= 11 is 0. The van der Waals surface area contributed by atoms with Gasteiger partial charge in [-0.25, -0.2) is 0 Å². The number of hydrogen-bond acceptors (Lipinski definition) is 6. The van der Waals surface area contributed by atoms with E-state index >= 15 is 0 Å². The van der Waals surface area contributed by atoms with Gasteiger partial charge in [-0.1, -0.05) is 96.4 Å². The Kier molecular flexibility index (Phi) is 14.2. The predicted octanol–water partition coefficient (Wildman–Crippen LogP) is 10.7. The third-order valence-corrected chi connectivity index (χ3v) is 29.4. The second-order valence-corrected chi connectivity index (χ2v) is 38.4. The van der Waals surface area contributed by atoms with Crippen LogP contribution in [0.15, 0.2) is 0 Å². The Morgan fingerprint density at radius 2 is 1.00 bits per heavy atom. The maximum Gasteiger partial charge on any atom is 0.192 e. The van der Waals surface area contributed by atoms with Gasteiger partial charge in [-0.15, -0.1) is 0 Å². The lowest BCUT2D eigenvalue weighted by Crippen LogP contribution is -2.58. The predicted molar refractivity (Wildman–Crippen MR) is 199 cm³/mol. The van der Waals surface area contributed by atoms with Gasteiger partial charge < -0.3 is 27.2 Å². The van der Waals surface area contributed by atoms with Crippen LogP contribution in [0.4, 0.5) is 0 Å². The Balaban J connectivity index is 3.84. The largest absolute Gasteiger partial charge is 0.414 e. The van der Waals surface area contributed by atoms with Crippen molar-refractivity contribution in [2.45, 2.75) is 206 Å². The first-order chi connectivity index (χ1) is 19.3. The number of ether oxygens (including phenoxy) is 2. The Labute approximate surface area is 278 Å². The zero-order valence-corrected chi connectivity index (χ0v) is 37.2. The van der Waals surface area contributed by atoms with Crippen LogP contribution in [0.3, 0.4) is 0 Å². The lowest BCUT2D eigenvalue weighted by molar-refractivity contribution is -0.177. The summed E-state index contributed by atoms with van der Waals surface area (Å²) in [6.45, 7) is 49.4. The fourth-order valence-electron chi connectivity index (χ4n) is 3.98. The summed E-state index contributed by atoms with van der Waals surface area (Å²) in [6.07, 6.45) is 0.178. The van der Waals surface area contributed by atoms with Crippen molar-refractivity contribution in [3.05, 3.63) is 0 Å². The monoisotopic (exact) mass is 692 g/mol. The van der Waals surface area contributed by atoms with Gasteiger partial charge in [0.2, 0.25) is 0 Å². The molecule has 44 heavy (non-hydrogen) atoms. The SMILES string of the molecule is CCCCOC1O[C@@H]([C@@H](CO[Si](C)(C)C(C)(C)C)O[Si](C)(C)C(C)(C)C)[C@H](O[Si](C)(C)C(C)(C)C)[C@H]1O[Si](C)(C)C(C)(C)C. The van der Waals surface area contributed by atoms with Gasteiger partial charge in [0.1, 0.15) is 18.3 Å². The molecule has 0 aliphatic carbocycles. The standard InChI is InChI=1S/C34H76O6Si4/c1-22-23-24-35-30-29(40-44(20,21)34(11,12)13)28(39-43(18,19)33(8,9)10)27(37-30)26(38-42(16,17)32(5,6)7)25-36-41(14,15)31(2,3)4/h26-30H,22-25H2,1-21H3/t26-,27+,28+,29-,30?/m1/s1. The zero-order chi connectivity index (χ0) is 35.0. The van der Waals surface area contributed by atoms with Crippen LogP contribution in [0.1, 0.15) is 103 Å². The summed E-state index contributed by atoms with van der Waals surface area (Å²) in [4.78, 5) is 0. The van der Waals surface area contributed by atoms with Crippen LogP contribution < -0.4 is 0 Å². The van der Waals surface area contributed by atoms with Crippen LogP contribution in [0.2, 0.25) is 72.5 Å². The summed E-state index contributed by atoms with van der Waals surface area (Å²) in [5.41, 5.74) is 0. The van der Waals surface area contributed by atoms with Crippen molar-refractivity contribution in [1.29, 1.82) is 0 Å². The Morgan fingerprint density at radius 1 is 0.591 bits per heavy atom. The van der Waals surface area contributed by atoms with Gasteiger partial charge in [0, 0.05) is 6.61 Å². The molecule has 264 valence electrons. The van der Waals surface area contributed by atoms with Crippen LogP contribution in [-0.4, -0.2) is 77.2 Å². The van der Waals surface area contributed by atoms with E-state index in [0.717, 1.165) is 12.8 Å². The third kappa shape index (κ3) is 10.8. The Hall–Kier alpha value is 0.628. The second kappa shape index (κ2) is 14.6. The topological polar surface area (TPSA) is 55.4 Å². The summed E-state index contributed by atoms with van der Waals surface area (Å²) in [7, 11) is -8.75. The molecule has 1 unspecified atom stereocenters. The first-order valence-electron chi connectivity index (χ1n) is 17.3. The summed E-state index contributed by atoms with van der Waals surface area (Å²) in [5.74, 6) is 0. The summed E-state index contributed by atoms with van der Waals surface area (Å²) < 4.78 is 42.5. The molecule has 1 aliphatic rings. The van der Waals surface area contributed by atoms with Crippen molar-refractivity contribution >= 4 is 33.3 Å². The van der Waals surface area contributed by atoms with Crippen molar-refractivity contribution in [3.63, 3.8) is 0 Å². The molecule has 0 aromatic heterocycles. The smallest absolute Gasteiger partial charge is 0.192 e. The highest BCUT2D eigenvalue weighted by Crippen LogP contribution is 2.46. The molecular weight excluding hydrogens is 617 g/mol. The van der Waals surface area contributed by atoms with Gasteiger partial charge in [0.15, 0.2) is 39.6 Å². The molecule has 5 atom stereocenters. The molecule has 0 radical (unpaired) electrons. The molecule has 0 amide bonds. The van der Waals surface area contributed by atoms with Crippen molar-refractivity contribution in [2.75, 3.05) is 13.2 Å². The van der Waals surface area contributed by atoms with E-state index in [9.17, 15) is 0 Å². The molecule has 0 N–H and O–H groups in total. The van der Waals surface area contributed by atoms with E-state index in [1.807, 2.05) is 0 Å². The highest BCUT2D eigenvalue weighted by Gasteiger charge is 2.57. The van der Waals surface area contributed by atoms with E-state index in [1.165, 1.54) is 0 Å². The van der Waals surface area contributed by atoms with Gasteiger partial charge in [0.05, 0.1) is 12.7 Å². The lowest BCUT2D eigenvalue weighted by atomic mass is 10.1. The van der Waals surface area contributed by atoms with Crippen LogP contribution in [0.5, 0.6) is 0 Å². The quantitative estimate of drug-likeness (QED) is 0.133. The van der Waals surface area contributed by atoms with Gasteiger partial charge in [-0.05, 0) is 78.9 Å². The van der Waals surface area contributed by atoms with Crippen LogP contribution in [-0.2, 0) is 27.2 Å². The number of rotatable bonds is 14.